The van der Waals surface area contributed by atoms with E-state index < -0.39 is 5.97 Å². The molecule has 1 aromatic carbocycles. The largest absolute Gasteiger partial charge is 0.481 e. The van der Waals surface area contributed by atoms with Gasteiger partial charge in [0.1, 0.15) is 0 Å². The van der Waals surface area contributed by atoms with Gasteiger partial charge in [-0.25, -0.2) is 15.0 Å². The van der Waals surface area contributed by atoms with Crippen molar-refractivity contribution in [1.29, 1.82) is 0 Å². The average molecular weight is 642 g/mol. The second-order valence-electron chi connectivity index (χ2n) is 12.1. The van der Waals surface area contributed by atoms with E-state index in [-0.39, 0.29) is 18.9 Å². The summed E-state index contributed by atoms with van der Waals surface area (Å²) in [6, 6.07) is 9.82. The first-order chi connectivity index (χ1) is 21.3. The number of piperidine rings is 2. The van der Waals surface area contributed by atoms with E-state index >= 15 is 0 Å². The second-order valence-corrected chi connectivity index (χ2v) is 13.0. The molecular weight excluding hydrogens is 603 g/mol. The number of aliphatic hydroxyl groups is 1. The summed E-state index contributed by atoms with van der Waals surface area (Å²) in [5, 5.41) is 19.6. The Morgan fingerprint density at radius 2 is 1.70 bits per heavy atom. The van der Waals surface area contributed by atoms with Crippen molar-refractivity contribution in [2.45, 2.75) is 44.7 Å². The fourth-order valence-corrected chi connectivity index (χ4v) is 7.45. The lowest BCUT2D eigenvalue weighted by molar-refractivity contribution is -0.138. The third kappa shape index (κ3) is 7.61. The molecule has 0 bridgehead atoms. The summed E-state index contributed by atoms with van der Waals surface area (Å²) < 4.78 is 6.21. The highest BCUT2D eigenvalue weighted by Crippen LogP contribution is 2.34. The first-order valence-corrected chi connectivity index (χ1v) is 16.1. The minimum absolute atomic E-state index is 0.205. The highest BCUT2D eigenvalue weighted by Gasteiger charge is 2.38. The number of carbonyl (C=O) groups is 1. The van der Waals surface area contributed by atoms with Gasteiger partial charge in [-0.15, -0.1) is 0 Å². The quantitative estimate of drug-likeness (QED) is 0.306. The van der Waals surface area contributed by atoms with E-state index in [1.807, 2.05) is 24.3 Å². The standard InChI is InChI=1S/C32H38Cl2N6O4/c33-25-14-24(15-26(34)16-25)28-11-22(19-38-5-1-21(2-6-38)13-31(42)43)12-30(37-28)44-27-17-35-32(36-18-27)40-8-4-29-23(20-40)3-7-39(29)9-10-41/h11-12,14-18,21,23,29,41H,1-10,13,19-20H2,(H,42,43). The van der Waals surface area contributed by atoms with Gasteiger partial charge in [0, 0.05) is 60.3 Å². The van der Waals surface area contributed by atoms with Crippen LogP contribution in [0.2, 0.25) is 10.0 Å². The maximum absolute atomic E-state index is 11.1. The summed E-state index contributed by atoms with van der Waals surface area (Å²) in [5.74, 6) is 1.65. The topological polar surface area (TPSA) is 115 Å². The van der Waals surface area contributed by atoms with Gasteiger partial charge in [-0.1, -0.05) is 23.2 Å². The van der Waals surface area contributed by atoms with Crippen molar-refractivity contribution >= 4 is 35.1 Å². The van der Waals surface area contributed by atoms with Crippen LogP contribution in [0.5, 0.6) is 11.6 Å². The summed E-state index contributed by atoms with van der Waals surface area (Å²) >= 11 is 12.6. The molecule has 3 aliphatic rings. The molecule has 6 rings (SSSR count). The van der Waals surface area contributed by atoms with Crippen molar-refractivity contribution in [1.82, 2.24) is 24.8 Å². The zero-order valence-corrected chi connectivity index (χ0v) is 26.1. The zero-order valence-electron chi connectivity index (χ0n) is 24.6. The molecule has 0 saturated carbocycles. The SMILES string of the molecule is O=C(O)CC1CCN(Cc2cc(Oc3cnc(N4CCC5C(CCN5CCO)C4)nc3)nc(-c3cc(Cl)cc(Cl)c3)c2)CC1. The van der Waals surface area contributed by atoms with Gasteiger partial charge >= 0.3 is 5.97 Å². The van der Waals surface area contributed by atoms with Gasteiger partial charge in [-0.3, -0.25) is 14.6 Å². The fraction of sp³-hybridized carbons (Fsp3) is 0.500. The Bertz CT molecular complexity index is 1430. The van der Waals surface area contributed by atoms with Crippen LogP contribution in [0.3, 0.4) is 0 Å². The van der Waals surface area contributed by atoms with Gasteiger partial charge in [0.05, 0.1) is 24.7 Å². The van der Waals surface area contributed by atoms with Crippen molar-refractivity contribution in [3.8, 4) is 22.9 Å². The zero-order chi connectivity index (χ0) is 30.6. The number of rotatable bonds is 10. The van der Waals surface area contributed by atoms with Crippen LogP contribution in [-0.4, -0.2) is 92.9 Å². The van der Waals surface area contributed by atoms with E-state index in [1.165, 1.54) is 0 Å². The lowest BCUT2D eigenvalue weighted by atomic mass is 9.93. The normalized spacial score (nSPS) is 21.4. The molecule has 0 spiro atoms. The highest BCUT2D eigenvalue weighted by atomic mass is 35.5. The molecule has 12 heteroatoms. The maximum atomic E-state index is 11.1. The van der Waals surface area contributed by atoms with E-state index in [0.717, 1.165) is 76.1 Å². The van der Waals surface area contributed by atoms with Gasteiger partial charge < -0.3 is 19.8 Å². The van der Waals surface area contributed by atoms with Crippen molar-refractivity contribution in [3.05, 3.63) is 58.3 Å². The average Bonchev–Trinajstić information content (AvgIpc) is 3.40. The molecule has 44 heavy (non-hydrogen) atoms. The van der Waals surface area contributed by atoms with E-state index in [2.05, 4.69) is 24.7 Å². The smallest absolute Gasteiger partial charge is 0.303 e. The molecule has 0 aliphatic carbocycles. The number of carboxylic acids is 1. The number of pyridine rings is 1. The molecule has 2 aromatic heterocycles. The van der Waals surface area contributed by atoms with Gasteiger partial charge in [0.2, 0.25) is 11.8 Å². The fourth-order valence-electron chi connectivity index (χ4n) is 6.92. The van der Waals surface area contributed by atoms with Crippen LogP contribution < -0.4 is 9.64 Å². The molecule has 2 atom stereocenters. The number of β-amino-alcohol motifs (C(OH)–C–C–N with tert-alkyl or cyclic N) is 1. The Kier molecular flexibility index (Phi) is 9.83. The van der Waals surface area contributed by atoms with Crippen molar-refractivity contribution < 1.29 is 19.7 Å². The van der Waals surface area contributed by atoms with Crippen LogP contribution in [0.15, 0.2) is 42.7 Å². The van der Waals surface area contributed by atoms with Crippen LogP contribution >= 0.6 is 23.2 Å². The molecule has 2 N–H and O–H groups in total. The number of anilines is 1. The predicted octanol–water partition coefficient (Wildman–Crippen LogP) is 5.22. The van der Waals surface area contributed by atoms with Crippen molar-refractivity contribution in [2.75, 3.05) is 50.8 Å². The monoisotopic (exact) mass is 640 g/mol. The lowest BCUT2D eigenvalue weighted by Crippen LogP contribution is -2.47. The molecular formula is C32H38Cl2N6O4. The summed E-state index contributed by atoms with van der Waals surface area (Å²) in [6.45, 7) is 6.14. The number of aliphatic hydroxyl groups excluding tert-OH is 1. The van der Waals surface area contributed by atoms with Crippen LogP contribution in [0.1, 0.15) is 37.7 Å². The molecule has 3 aromatic rings. The molecule has 5 heterocycles. The van der Waals surface area contributed by atoms with Crippen LogP contribution in [-0.2, 0) is 11.3 Å². The number of carboxylic acid groups (broad SMARTS) is 1. The molecule has 3 saturated heterocycles. The summed E-state index contributed by atoms with van der Waals surface area (Å²) in [6.07, 6.45) is 7.50. The number of likely N-dealkylation sites (tertiary alicyclic amines) is 2. The second kappa shape index (κ2) is 14.0. The van der Waals surface area contributed by atoms with E-state index in [9.17, 15) is 9.90 Å². The Hall–Kier alpha value is -3.02. The summed E-state index contributed by atoms with van der Waals surface area (Å²) in [5.41, 5.74) is 2.49. The maximum Gasteiger partial charge on any atom is 0.303 e. The first kappa shape index (κ1) is 31.0. The lowest BCUT2D eigenvalue weighted by Gasteiger charge is -2.37. The Morgan fingerprint density at radius 1 is 0.955 bits per heavy atom. The molecule has 0 radical (unpaired) electrons. The minimum Gasteiger partial charge on any atom is -0.481 e. The number of nitrogens with zero attached hydrogens (tertiary/aromatic N) is 6. The van der Waals surface area contributed by atoms with Crippen molar-refractivity contribution in [3.63, 3.8) is 0 Å². The number of fused-ring (bicyclic) bond motifs is 1. The summed E-state index contributed by atoms with van der Waals surface area (Å²) in [7, 11) is 0. The third-order valence-corrected chi connectivity index (χ3v) is 9.49. The van der Waals surface area contributed by atoms with Gasteiger partial charge in [-0.05, 0) is 87.0 Å². The Labute approximate surface area is 267 Å². The number of halogens is 2. The molecule has 0 amide bonds. The van der Waals surface area contributed by atoms with Crippen LogP contribution in [0, 0.1) is 11.8 Å². The van der Waals surface area contributed by atoms with E-state index in [0.29, 0.717) is 51.8 Å². The van der Waals surface area contributed by atoms with E-state index in [1.54, 1.807) is 18.5 Å². The highest BCUT2D eigenvalue weighted by molar-refractivity contribution is 6.35. The van der Waals surface area contributed by atoms with Gasteiger partial charge in [-0.2, -0.15) is 0 Å². The van der Waals surface area contributed by atoms with Gasteiger partial charge in [0.15, 0.2) is 5.75 Å². The first-order valence-electron chi connectivity index (χ1n) is 15.3. The number of hydrogen-bond acceptors (Lipinski definition) is 9. The molecule has 2 unspecified atom stereocenters. The predicted molar refractivity (Wildman–Crippen MR) is 169 cm³/mol. The Morgan fingerprint density at radius 3 is 2.41 bits per heavy atom. The van der Waals surface area contributed by atoms with E-state index in [4.69, 9.17) is 38.0 Å². The number of aromatic nitrogens is 3. The molecule has 3 fully saturated rings. The van der Waals surface area contributed by atoms with Gasteiger partial charge in [0.25, 0.3) is 0 Å². The van der Waals surface area contributed by atoms with Crippen molar-refractivity contribution in [2.24, 2.45) is 11.8 Å². The number of aliphatic carboxylic acids is 1. The minimum atomic E-state index is -0.731. The number of hydrogen-bond donors (Lipinski definition) is 2. The van der Waals surface area contributed by atoms with Crippen LogP contribution in [0.4, 0.5) is 5.95 Å². The number of benzene rings is 1. The third-order valence-electron chi connectivity index (χ3n) is 9.05. The number of ether oxygens (including phenoxy) is 1. The Balaban J connectivity index is 1.16. The molecule has 10 nitrogen and oxygen atoms in total. The molecule has 234 valence electrons. The summed E-state index contributed by atoms with van der Waals surface area (Å²) in [4.78, 5) is 32.2. The molecule has 3 aliphatic heterocycles. The van der Waals surface area contributed by atoms with Crippen LogP contribution in [0.25, 0.3) is 11.3 Å².